The molecule has 1 amide bonds. The average Bonchev–Trinajstić information content (AvgIpc) is 2.96. The lowest BCUT2D eigenvalue weighted by Crippen LogP contribution is -2.17. The van der Waals surface area contributed by atoms with Crippen molar-refractivity contribution in [1.29, 1.82) is 5.26 Å². The van der Waals surface area contributed by atoms with Gasteiger partial charge in [0.1, 0.15) is 5.82 Å². The van der Waals surface area contributed by atoms with Gasteiger partial charge < -0.3 is 5.32 Å². The fourth-order valence-corrected chi connectivity index (χ4v) is 3.06. The fourth-order valence-electron chi connectivity index (χ4n) is 2.25. The first-order valence-electron chi connectivity index (χ1n) is 7.81. The number of carbonyl (C=O) groups excluding carboxylic acids is 1. The molecule has 1 N–H and O–H groups in total. The molecule has 0 aliphatic heterocycles. The summed E-state index contributed by atoms with van der Waals surface area (Å²) in [5.74, 6) is -0.410. The number of amides is 1. The Balaban J connectivity index is 2.09. The van der Waals surface area contributed by atoms with Crippen molar-refractivity contribution in [2.24, 2.45) is 0 Å². The van der Waals surface area contributed by atoms with E-state index in [-0.39, 0.29) is 23.6 Å². The number of carbonyl (C=O) groups is 1. The van der Waals surface area contributed by atoms with Crippen LogP contribution in [-0.2, 0) is 17.5 Å². The van der Waals surface area contributed by atoms with Crippen molar-refractivity contribution >= 4 is 29.2 Å². The molecule has 28 heavy (non-hydrogen) atoms. The molecule has 0 bridgehead atoms. The highest BCUT2D eigenvalue weighted by atomic mass is 32.2. The molecule has 2 aromatic rings. The molecular formula is C16H14F3N5O3S. The van der Waals surface area contributed by atoms with Gasteiger partial charge in [0.15, 0.2) is 0 Å². The number of nitriles is 1. The molecule has 148 valence electrons. The van der Waals surface area contributed by atoms with Crippen LogP contribution in [0.15, 0.2) is 29.2 Å². The van der Waals surface area contributed by atoms with Gasteiger partial charge in [0.05, 0.1) is 45.9 Å². The van der Waals surface area contributed by atoms with E-state index < -0.39 is 28.3 Å². The van der Waals surface area contributed by atoms with Crippen molar-refractivity contribution in [1.82, 2.24) is 9.78 Å². The van der Waals surface area contributed by atoms with E-state index >= 15 is 0 Å². The summed E-state index contributed by atoms with van der Waals surface area (Å²) in [6, 6.07) is 5.71. The van der Waals surface area contributed by atoms with Crippen molar-refractivity contribution in [3.8, 4) is 6.07 Å². The Morgan fingerprint density at radius 3 is 2.75 bits per heavy atom. The highest BCUT2D eigenvalue weighted by Gasteiger charge is 2.33. The molecule has 0 saturated carbocycles. The Labute approximate surface area is 161 Å². The molecule has 1 aromatic heterocycles. The van der Waals surface area contributed by atoms with E-state index in [4.69, 9.17) is 5.26 Å². The molecular weight excluding hydrogens is 399 g/mol. The largest absolute Gasteiger partial charge is 0.416 e. The predicted octanol–water partition coefficient (Wildman–Crippen LogP) is 3.76. The minimum Gasteiger partial charge on any atom is -0.310 e. The lowest BCUT2D eigenvalue weighted by atomic mass is 10.2. The van der Waals surface area contributed by atoms with Crippen LogP contribution in [0.3, 0.4) is 0 Å². The quantitative estimate of drug-likeness (QED) is 0.420. The van der Waals surface area contributed by atoms with Gasteiger partial charge >= 0.3 is 6.18 Å². The van der Waals surface area contributed by atoms with Crippen LogP contribution in [0.25, 0.3) is 0 Å². The molecule has 1 aromatic carbocycles. The molecule has 1 heterocycles. The number of thioether (sulfide) groups is 1. The first-order valence-corrected chi connectivity index (χ1v) is 8.80. The lowest BCUT2D eigenvalue weighted by molar-refractivity contribution is -0.388. The molecule has 0 aliphatic rings. The molecule has 8 nitrogen and oxygen atoms in total. The minimum atomic E-state index is -4.70. The third-order valence-electron chi connectivity index (χ3n) is 3.45. The second-order valence-electron chi connectivity index (χ2n) is 5.58. The van der Waals surface area contributed by atoms with Gasteiger partial charge in [0, 0.05) is 12.1 Å². The lowest BCUT2D eigenvalue weighted by Gasteiger charge is -2.09. The van der Waals surface area contributed by atoms with Crippen molar-refractivity contribution < 1.29 is 22.9 Å². The van der Waals surface area contributed by atoms with Crippen molar-refractivity contribution in [3.05, 3.63) is 45.6 Å². The first kappa shape index (κ1) is 21.2. The Bertz CT molecular complexity index is 937. The number of alkyl halides is 3. The maximum absolute atomic E-state index is 12.7. The molecule has 0 atom stereocenters. The van der Waals surface area contributed by atoms with Gasteiger partial charge in [-0.1, -0.05) is 0 Å². The number of hydrogen-bond donors (Lipinski definition) is 1. The summed E-state index contributed by atoms with van der Waals surface area (Å²) in [5.41, 5.74) is -1.23. The van der Waals surface area contributed by atoms with E-state index in [9.17, 15) is 28.1 Å². The number of halogens is 3. The SMILES string of the molecule is Cc1cc(NC(=O)CSc2ccc(C(F)(F)F)cc2[N+](=O)[O-])n(CCC#N)n1. The Kier molecular flexibility index (Phi) is 6.63. The highest BCUT2D eigenvalue weighted by molar-refractivity contribution is 8.00. The zero-order chi connectivity index (χ0) is 20.9. The molecule has 0 aliphatic carbocycles. The third kappa shape index (κ3) is 5.46. The molecule has 12 heteroatoms. The summed E-state index contributed by atoms with van der Waals surface area (Å²) in [5, 5.41) is 26.4. The monoisotopic (exact) mass is 413 g/mol. The zero-order valence-corrected chi connectivity index (χ0v) is 15.3. The van der Waals surface area contributed by atoms with Gasteiger partial charge in [0.2, 0.25) is 5.91 Å². The molecule has 0 radical (unpaired) electrons. The summed E-state index contributed by atoms with van der Waals surface area (Å²) in [6.45, 7) is 1.98. The normalized spacial score (nSPS) is 11.1. The smallest absolute Gasteiger partial charge is 0.310 e. The average molecular weight is 413 g/mol. The van der Waals surface area contributed by atoms with E-state index in [2.05, 4.69) is 10.4 Å². The second-order valence-corrected chi connectivity index (χ2v) is 6.59. The van der Waals surface area contributed by atoms with Crippen molar-refractivity contribution in [3.63, 3.8) is 0 Å². The molecule has 2 rings (SSSR count). The number of aryl methyl sites for hydroxylation is 2. The fraction of sp³-hybridized carbons (Fsp3) is 0.312. The van der Waals surface area contributed by atoms with Crippen LogP contribution >= 0.6 is 11.8 Å². The summed E-state index contributed by atoms with van der Waals surface area (Å²) < 4.78 is 39.6. The van der Waals surface area contributed by atoms with Gasteiger partial charge in [-0.25, -0.2) is 4.68 Å². The Hall–Kier alpha value is -3.07. The van der Waals surface area contributed by atoms with Gasteiger partial charge in [-0.05, 0) is 19.1 Å². The third-order valence-corrected chi connectivity index (χ3v) is 4.51. The van der Waals surface area contributed by atoms with E-state index in [1.54, 1.807) is 13.0 Å². The van der Waals surface area contributed by atoms with E-state index in [1.807, 2.05) is 6.07 Å². The maximum Gasteiger partial charge on any atom is 0.416 e. The number of nitrogens with zero attached hydrogens (tertiary/aromatic N) is 4. The number of anilines is 1. The summed E-state index contributed by atoms with van der Waals surface area (Å²) >= 11 is 0.750. The number of aromatic nitrogens is 2. The van der Waals surface area contributed by atoms with Crippen LogP contribution in [0.5, 0.6) is 0 Å². The van der Waals surface area contributed by atoms with Crippen molar-refractivity contribution in [2.45, 2.75) is 31.0 Å². The Morgan fingerprint density at radius 1 is 1.43 bits per heavy atom. The molecule has 0 unspecified atom stereocenters. The van der Waals surface area contributed by atoms with Crippen LogP contribution in [0, 0.1) is 28.4 Å². The molecule has 0 saturated heterocycles. The number of hydrogen-bond acceptors (Lipinski definition) is 6. The van der Waals surface area contributed by atoms with Crippen molar-refractivity contribution in [2.75, 3.05) is 11.1 Å². The van der Waals surface area contributed by atoms with Gasteiger partial charge in [-0.15, -0.1) is 11.8 Å². The number of benzene rings is 1. The second kappa shape index (κ2) is 8.75. The standard InChI is InChI=1S/C16H14F3N5O3S/c1-10-7-14(23(22-10)6-2-5-20)21-15(25)9-28-13-4-3-11(16(17,18)19)8-12(13)24(26)27/h3-4,7-8H,2,6,9H2,1H3,(H,21,25). The van der Waals surface area contributed by atoms with Gasteiger partial charge in [0.25, 0.3) is 5.69 Å². The van der Waals surface area contributed by atoms with Crippen LogP contribution < -0.4 is 5.32 Å². The summed E-state index contributed by atoms with van der Waals surface area (Å²) in [7, 11) is 0. The van der Waals surface area contributed by atoms with Gasteiger partial charge in [-0.2, -0.15) is 23.5 Å². The summed E-state index contributed by atoms with van der Waals surface area (Å²) in [4.78, 5) is 22.2. The van der Waals surface area contributed by atoms with Gasteiger partial charge in [-0.3, -0.25) is 14.9 Å². The zero-order valence-electron chi connectivity index (χ0n) is 14.5. The van der Waals surface area contributed by atoms with Crippen LogP contribution in [0.1, 0.15) is 17.7 Å². The highest BCUT2D eigenvalue weighted by Crippen LogP contribution is 2.36. The molecule has 0 fully saturated rings. The number of rotatable bonds is 7. The van der Waals surface area contributed by atoms with Crippen LogP contribution in [0.2, 0.25) is 0 Å². The number of nitro groups is 1. The first-order chi connectivity index (χ1) is 13.1. The maximum atomic E-state index is 12.7. The van der Waals surface area contributed by atoms with E-state index in [0.717, 1.165) is 23.9 Å². The predicted molar refractivity (Wildman–Crippen MR) is 94.6 cm³/mol. The van der Waals surface area contributed by atoms with Crippen LogP contribution in [0.4, 0.5) is 24.7 Å². The minimum absolute atomic E-state index is 0.0534. The van der Waals surface area contributed by atoms with E-state index in [0.29, 0.717) is 17.6 Å². The number of nitro benzene ring substituents is 1. The Morgan fingerprint density at radius 2 is 2.14 bits per heavy atom. The summed E-state index contributed by atoms with van der Waals surface area (Å²) in [6.07, 6.45) is -4.51. The topological polar surface area (TPSA) is 114 Å². The molecule has 0 spiro atoms. The number of nitrogens with one attached hydrogen (secondary N) is 1. The van der Waals surface area contributed by atoms with E-state index in [1.165, 1.54) is 4.68 Å². The van der Waals surface area contributed by atoms with Crippen LogP contribution in [-0.4, -0.2) is 26.4 Å².